The highest BCUT2D eigenvalue weighted by molar-refractivity contribution is 8.01. The van der Waals surface area contributed by atoms with Gasteiger partial charge >= 0.3 is 0 Å². The van der Waals surface area contributed by atoms with E-state index in [-0.39, 0.29) is 0 Å². The average Bonchev–Trinajstić information content (AvgIpc) is 2.59. The summed E-state index contributed by atoms with van der Waals surface area (Å²) in [4.78, 5) is 0. The normalized spacial score (nSPS) is 29.2. The fraction of sp³-hybridized carbons (Fsp3) is 1.00. The number of aliphatic hydroxyl groups excluding tert-OH is 1. The summed E-state index contributed by atoms with van der Waals surface area (Å²) in [7, 11) is 0. The van der Waals surface area contributed by atoms with Crippen molar-refractivity contribution < 1.29 is 5.11 Å². The van der Waals surface area contributed by atoms with Gasteiger partial charge in [-0.2, -0.15) is 0 Å². The molecule has 2 rings (SSSR count). The highest BCUT2D eigenvalue weighted by Gasteiger charge is 2.44. The van der Waals surface area contributed by atoms with Gasteiger partial charge in [0.15, 0.2) is 0 Å². The molecule has 0 aromatic heterocycles. The van der Waals surface area contributed by atoms with Gasteiger partial charge in [0, 0.05) is 10.00 Å². The summed E-state index contributed by atoms with van der Waals surface area (Å²) in [6.45, 7) is 0.411. The zero-order valence-corrected chi connectivity index (χ0v) is 7.70. The first-order chi connectivity index (χ1) is 5.35. The third kappa shape index (κ3) is 1.73. The molecule has 1 N–H and O–H groups in total. The topological polar surface area (TPSA) is 20.2 Å². The first kappa shape index (κ1) is 7.93. The number of hydrogen-bond acceptors (Lipinski definition) is 2. The number of hydrogen-bond donors (Lipinski definition) is 1. The van der Waals surface area contributed by atoms with Gasteiger partial charge in [0.1, 0.15) is 0 Å². The lowest BCUT2D eigenvalue weighted by Gasteiger charge is -2.16. The van der Waals surface area contributed by atoms with Crippen molar-refractivity contribution in [1.29, 1.82) is 0 Å². The maximum absolute atomic E-state index is 9.10. The lowest BCUT2D eigenvalue weighted by molar-refractivity contribution is 0.288. The number of aliphatic hydroxyl groups is 1. The molecule has 2 fully saturated rings. The van der Waals surface area contributed by atoms with E-state index in [1.807, 2.05) is 0 Å². The molecular weight excluding hydrogens is 156 g/mol. The highest BCUT2D eigenvalue weighted by Crippen LogP contribution is 2.52. The van der Waals surface area contributed by atoms with Crippen LogP contribution >= 0.6 is 11.8 Å². The first-order valence-electron chi connectivity index (χ1n) is 4.63. The second-order valence-electron chi connectivity index (χ2n) is 3.87. The van der Waals surface area contributed by atoms with E-state index in [0.717, 1.165) is 5.25 Å². The van der Waals surface area contributed by atoms with Gasteiger partial charge < -0.3 is 5.11 Å². The maximum atomic E-state index is 9.10. The molecule has 0 bridgehead atoms. The molecule has 0 spiro atoms. The lowest BCUT2D eigenvalue weighted by Crippen LogP contribution is -2.13. The Bertz CT molecular complexity index is 136. The van der Waals surface area contributed by atoms with Crippen molar-refractivity contribution >= 4 is 11.8 Å². The van der Waals surface area contributed by atoms with E-state index in [2.05, 4.69) is 11.8 Å². The Morgan fingerprint density at radius 3 is 2.36 bits per heavy atom. The molecule has 0 atom stereocenters. The number of rotatable bonds is 3. The summed E-state index contributed by atoms with van der Waals surface area (Å²) in [5.74, 6) is 0. The summed E-state index contributed by atoms with van der Waals surface area (Å²) in [6, 6.07) is 0. The van der Waals surface area contributed by atoms with Crippen LogP contribution in [0, 0.1) is 0 Å². The van der Waals surface area contributed by atoms with Crippen molar-refractivity contribution in [3.05, 3.63) is 0 Å². The van der Waals surface area contributed by atoms with E-state index in [1.165, 1.54) is 38.5 Å². The quantitative estimate of drug-likeness (QED) is 0.704. The molecule has 0 aliphatic heterocycles. The van der Waals surface area contributed by atoms with E-state index < -0.39 is 0 Å². The molecule has 0 saturated heterocycles. The molecule has 0 amide bonds. The van der Waals surface area contributed by atoms with Crippen molar-refractivity contribution in [1.82, 2.24) is 0 Å². The fourth-order valence-electron chi connectivity index (χ4n) is 1.81. The van der Waals surface area contributed by atoms with Crippen LogP contribution in [-0.2, 0) is 0 Å². The third-order valence-electron chi connectivity index (χ3n) is 2.81. The van der Waals surface area contributed by atoms with Gasteiger partial charge in [0.05, 0.1) is 6.61 Å². The van der Waals surface area contributed by atoms with E-state index in [1.54, 1.807) is 0 Å². The van der Waals surface area contributed by atoms with Crippen LogP contribution < -0.4 is 0 Å². The molecular formula is C9H16OS. The minimum absolute atomic E-state index is 0.328. The SMILES string of the molecule is OCC1(SC2CCCC2)CC1. The van der Waals surface area contributed by atoms with E-state index in [0.29, 0.717) is 11.4 Å². The van der Waals surface area contributed by atoms with Crippen molar-refractivity contribution in [2.24, 2.45) is 0 Å². The molecule has 2 aliphatic carbocycles. The Morgan fingerprint density at radius 2 is 1.91 bits per heavy atom. The Morgan fingerprint density at radius 1 is 1.27 bits per heavy atom. The summed E-state index contributed by atoms with van der Waals surface area (Å²) < 4.78 is 0.328. The van der Waals surface area contributed by atoms with Crippen molar-refractivity contribution in [2.45, 2.75) is 48.5 Å². The summed E-state index contributed by atoms with van der Waals surface area (Å²) in [6.07, 6.45) is 8.13. The fourth-order valence-corrected chi connectivity index (χ4v) is 3.50. The number of thioether (sulfide) groups is 1. The smallest absolute Gasteiger partial charge is 0.0578 e. The van der Waals surface area contributed by atoms with Crippen LogP contribution in [0.4, 0.5) is 0 Å². The molecule has 2 heteroatoms. The average molecular weight is 172 g/mol. The van der Waals surface area contributed by atoms with E-state index >= 15 is 0 Å². The van der Waals surface area contributed by atoms with Crippen LogP contribution in [0.1, 0.15) is 38.5 Å². The Labute approximate surface area is 72.6 Å². The Hall–Kier alpha value is 0.310. The minimum Gasteiger partial charge on any atom is -0.395 e. The highest BCUT2D eigenvalue weighted by atomic mass is 32.2. The zero-order valence-electron chi connectivity index (χ0n) is 6.88. The van der Waals surface area contributed by atoms with Crippen LogP contribution in [0.15, 0.2) is 0 Å². The van der Waals surface area contributed by atoms with Gasteiger partial charge in [-0.05, 0) is 25.7 Å². The molecule has 2 saturated carbocycles. The standard InChI is InChI=1S/C9H16OS/c10-7-9(5-6-9)11-8-3-1-2-4-8/h8,10H,1-7H2. The van der Waals surface area contributed by atoms with Crippen LogP contribution in [-0.4, -0.2) is 21.7 Å². The van der Waals surface area contributed by atoms with Crippen LogP contribution in [0.2, 0.25) is 0 Å². The predicted octanol–water partition coefficient (Wildman–Crippen LogP) is 2.19. The van der Waals surface area contributed by atoms with Crippen LogP contribution in [0.25, 0.3) is 0 Å². The van der Waals surface area contributed by atoms with Crippen molar-refractivity contribution in [3.63, 3.8) is 0 Å². The second kappa shape index (κ2) is 2.98. The molecule has 0 aromatic rings. The molecule has 11 heavy (non-hydrogen) atoms. The monoisotopic (exact) mass is 172 g/mol. The molecule has 0 radical (unpaired) electrons. The molecule has 1 nitrogen and oxygen atoms in total. The van der Waals surface area contributed by atoms with Gasteiger partial charge in [-0.1, -0.05) is 12.8 Å². The summed E-state index contributed by atoms with van der Waals surface area (Å²) >= 11 is 2.07. The maximum Gasteiger partial charge on any atom is 0.0578 e. The zero-order chi connectivity index (χ0) is 7.73. The predicted molar refractivity (Wildman–Crippen MR) is 48.9 cm³/mol. The summed E-state index contributed by atoms with van der Waals surface area (Å²) in [5.41, 5.74) is 0. The first-order valence-corrected chi connectivity index (χ1v) is 5.51. The molecule has 0 unspecified atom stereocenters. The van der Waals surface area contributed by atoms with Gasteiger partial charge in [0.25, 0.3) is 0 Å². The van der Waals surface area contributed by atoms with Crippen molar-refractivity contribution in [3.8, 4) is 0 Å². The Kier molecular flexibility index (Phi) is 2.15. The van der Waals surface area contributed by atoms with Gasteiger partial charge in [-0.15, -0.1) is 11.8 Å². The second-order valence-corrected chi connectivity index (χ2v) is 5.63. The van der Waals surface area contributed by atoms with Gasteiger partial charge in [0.2, 0.25) is 0 Å². The van der Waals surface area contributed by atoms with E-state index in [4.69, 9.17) is 5.11 Å². The van der Waals surface area contributed by atoms with Gasteiger partial charge in [-0.3, -0.25) is 0 Å². The van der Waals surface area contributed by atoms with Crippen molar-refractivity contribution in [2.75, 3.05) is 6.61 Å². The minimum atomic E-state index is 0.328. The Balaban J connectivity index is 1.80. The largest absolute Gasteiger partial charge is 0.395 e. The van der Waals surface area contributed by atoms with E-state index in [9.17, 15) is 0 Å². The molecule has 0 aromatic carbocycles. The summed E-state index contributed by atoms with van der Waals surface area (Å²) in [5, 5.41) is 9.98. The third-order valence-corrected chi connectivity index (χ3v) is 4.66. The molecule has 2 aliphatic rings. The van der Waals surface area contributed by atoms with Gasteiger partial charge in [-0.25, -0.2) is 0 Å². The van der Waals surface area contributed by atoms with Crippen LogP contribution in [0.5, 0.6) is 0 Å². The molecule has 0 heterocycles. The lowest BCUT2D eigenvalue weighted by atomic mass is 10.4. The van der Waals surface area contributed by atoms with Crippen LogP contribution in [0.3, 0.4) is 0 Å². The molecule has 64 valence electrons.